The Hall–Kier alpha value is -2.44. The van der Waals surface area contributed by atoms with Gasteiger partial charge in [-0.25, -0.2) is 9.64 Å². The summed E-state index contributed by atoms with van der Waals surface area (Å²) in [5, 5.41) is 7.08. The van der Waals surface area contributed by atoms with Crippen LogP contribution in [-0.2, 0) is 15.1 Å². The molecule has 0 aliphatic carbocycles. The third-order valence-electron chi connectivity index (χ3n) is 4.36. The number of ether oxygens (including phenoxy) is 1. The normalized spacial score (nSPS) is 27.0. The second kappa shape index (κ2) is 6.37. The summed E-state index contributed by atoms with van der Waals surface area (Å²) in [5.74, 6) is -0.321. The molecule has 2 saturated heterocycles. The summed E-state index contributed by atoms with van der Waals surface area (Å²) in [4.78, 5) is 34.7. The molecule has 0 bridgehead atoms. The molecule has 9 heteroatoms. The van der Waals surface area contributed by atoms with Gasteiger partial charge in [0.15, 0.2) is 0 Å². The third kappa shape index (κ3) is 3.18. The van der Waals surface area contributed by atoms with Crippen LogP contribution in [0.15, 0.2) is 17.1 Å². The second-order valence-corrected chi connectivity index (χ2v) is 8.40. The van der Waals surface area contributed by atoms with Crippen molar-refractivity contribution in [1.82, 2.24) is 15.5 Å². The maximum atomic E-state index is 12.9. The van der Waals surface area contributed by atoms with Crippen LogP contribution >= 0.6 is 11.3 Å². The minimum atomic E-state index is -0.757. The summed E-state index contributed by atoms with van der Waals surface area (Å²) in [6.45, 7) is 13.5. The molecule has 3 heterocycles. The summed E-state index contributed by atoms with van der Waals surface area (Å²) in [6.07, 6.45) is -0.757. The van der Waals surface area contributed by atoms with Gasteiger partial charge in [-0.3, -0.25) is 9.69 Å². The molecule has 0 spiro atoms. The predicted octanol–water partition coefficient (Wildman–Crippen LogP) is 2.07. The first-order valence-electron chi connectivity index (χ1n) is 8.22. The van der Waals surface area contributed by atoms with Gasteiger partial charge in [-0.2, -0.15) is 11.3 Å². The van der Waals surface area contributed by atoms with E-state index < -0.39 is 17.2 Å². The smallest absolute Gasteiger partial charge is 0.437 e. The largest absolute Gasteiger partial charge is 0.442 e. The Labute approximate surface area is 156 Å². The van der Waals surface area contributed by atoms with Crippen LogP contribution in [0, 0.1) is 12.5 Å². The minimum Gasteiger partial charge on any atom is -0.442 e. The van der Waals surface area contributed by atoms with Crippen LogP contribution in [-0.4, -0.2) is 48.6 Å². The molecule has 8 nitrogen and oxygen atoms in total. The van der Waals surface area contributed by atoms with E-state index in [1.54, 1.807) is 33.9 Å². The molecule has 1 aromatic heterocycles. The predicted molar refractivity (Wildman–Crippen MR) is 98.2 cm³/mol. The molecule has 2 atom stereocenters. The molecule has 0 aromatic carbocycles. The number of hydrogen-bond acceptors (Lipinski definition) is 5. The molecule has 0 saturated carbocycles. The zero-order valence-corrected chi connectivity index (χ0v) is 15.9. The summed E-state index contributed by atoms with van der Waals surface area (Å²) < 4.78 is 5.24. The van der Waals surface area contributed by atoms with E-state index in [0.717, 1.165) is 4.88 Å². The highest BCUT2D eigenvalue weighted by molar-refractivity contribution is 7.16. The van der Waals surface area contributed by atoms with E-state index in [-0.39, 0.29) is 17.8 Å². The van der Waals surface area contributed by atoms with Crippen LogP contribution in [0.1, 0.15) is 25.6 Å². The lowest BCUT2D eigenvalue weighted by Crippen LogP contribution is -2.65. The van der Waals surface area contributed by atoms with Crippen molar-refractivity contribution in [3.05, 3.63) is 28.4 Å². The van der Waals surface area contributed by atoms with Crippen molar-refractivity contribution in [3.8, 4) is 0 Å². The average Bonchev–Trinajstić information content (AvgIpc) is 3.17. The maximum Gasteiger partial charge on any atom is 0.437 e. The van der Waals surface area contributed by atoms with Crippen molar-refractivity contribution in [2.75, 3.05) is 20.1 Å². The van der Waals surface area contributed by atoms with E-state index in [1.165, 1.54) is 16.2 Å². The highest BCUT2D eigenvalue weighted by Crippen LogP contribution is 2.42. The molecule has 2 aliphatic rings. The van der Waals surface area contributed by atoms with Gasteiger partial charge in [0.2, 0.25) is 16.9 Å². The van der Waals surface area contributed by atoms with E-state index in [9.17, 15) is 9.59 Å². The highest BCUT2D eigenvalue weighted by Gasteiger charge is 2.54. The van der Waals surface area contributed by atoms with Crippen molar-refractivity contribution in [3.63, 3.8) is 0 Å². The van der Waals surface area contributed by atoms with E-state index in [4.69, 9.17) is 11.3 Å². The molecule has 0 unspecified atom stereocenters. The van der Waals surface area contributed by atoms with Crippen molar-refractivity contribution < 1.29 is 14.3 Å². The van der Waals surface area contributed by atoms with Crippen molar-refractivity contribution in [2.45, 2.75) is 31.9 Å². The van der Waals surface area contributed by atoms with E-state index in [0.29, 0.717) is 18.1 Å². The van der Waals surface area contributed by atoms with Gasteiger partial charge in [-0.1, -0.05) is 6.07 Å². The molecule has 2 fully saturated rings. The number of guanidine groups is 1. The van der Waals surface area contributed by atoms with Crippen molar-refractivity contribution >= 4 is 34.3 Å². The zero-order chi connectivity index (χ0) is 19.1. The summed E-state index contributed by atoms with van der Waals surface area (Å²) in [7, 11) is 1.58. The molecule has 2 aliphatic heterocycles. The van der Waals surface area contributed by atoms with Gasteiger partial charge in [0.25, 0.3) is 0 Å². The molecule has 138 valence electrons. The first-order valence-corrected chi connectivity index (χ1v) is 9.04. The number of carbonyl (C=O) groups is 2. The minimum absolute atomic E-state index is 0.131. The Morgan fingerprint density at radius 3 is 2.85 bits per heavy atom. The SMILES string of the molecule is [C-]#[N+]c1ccc([C@]23CNC[C@H]2C(=O)N(C)/C(=N/C(=O)OC(C)(C)C)N3)s1. The molecular weight excluding hydrogens is 354 g/mol. The number of carbonyl (C=O) groups excluding carboxylic acids is 2. The average molecular weight is 375 g/mol. The maximum absolute atomic E-state index is 12.9. The van der Waals surface area contributed by atoms with Crippen LogP contribution in [0.5, 0.6) is 0 Å². The first-order chi connectivity index (χ1) is 12.2. The highest BCUT2D eigenvalue weighted by atomic mass is 32.1. The lowest BCUT2D eigenvalue weighted by atomic mass is 9.83. The monoisotopic (exact) mass is 375 g/mol. The second-order valence-electron chi connectivity index (χ2n) is 7.34. The Bertz CT molecular complexity index is 819. The zero-order valence-electron chi connectivity index (χ0n) is 15.1. The third-order valence-corrected chi connectivity index (χ3v) is 5.52. The van der Waals surface area contributed by atoms with Crippen molar-refractivity contribution in [1.29, 1.82) is 0 Å². The van der Waals surface area contributed by atoms with E-state index in [2.05, 4.69) is 20.5 Å². The van der Waals surface area contributed by atoms with Crippen LogP contribution in [0.25, 0.3) is 4.85 Å². The quantitative estimate of drug-likeness (QED) is 0.734. The molecule has 0 radical (unpaired) electrons. The van der Waals surface area contributed by atoms with Gasteiger partial charge >= 0.3 is 6.09 Å². The van der Waals surface area contributed by atoms with Gasteiger partial charge in [-0.05, 0) is 26.8 Å². The summed E-state index contributed by atoms with van der Waals surface area (Å²) in [6, 6.07) is 3.60. The fourth-order valence-electron chi connectivity index (χ4n) is 3.18. The van der Waals surface area contributed by atoms with Gasteiger partial charge in [0.1, 0.15) is 5.60 Å². The Kier molecular flexibility index (Phi) is 4.50. The van der Waals surface area contributed by atoms with Crippen LogP contribution in [0.3, 0.4) is 0 Å². The Morgan fingerprint density at radius 2 is 2.23 bits per heavy atom. The molecule has 26 heavy (non-hydrogen) atoms. The first kappa shape index (κ1) is 18.4. The van der Waals surface area contributed by atoms with Crippen LogP contribution in [0.4, 0.5) is 9.80 Å². The number of rotatable bonds is 1. The lowest BCUT2D eigenvalue weighted by molar-refractivity contribution is -0.133. The standard InChI is InChI=1S/C17H21N5O3S/c1-16(2,3)25-15(24)20-14-21-17(11-6-7-12(18-4)26-11)9-19-8-10(17)13(23)22(14)5/h6-7,10,19H,8-9H2,1-3,5H3,(H,20,21,24)/t10-,17-/m0/s1. The van der Waals surface area contributed by atoms with E-state index >= 15 is 0 Å². The summed E-state index contributed by atoms with van der Waals surface area (Å²) in [5.41, 5.74) is -1.40. The summed E-state index contributed by atoms with van der Waals surface area (Å²) >= 11 is 1.34. The van der Waals surface area contributed by atoms with Gasteiger partial charge in [0.05, 0.1) is 18.0 Å². The number of amides is 2. The van der Waals surface area contributed by atoms with Crippen LogP contribution in [0.2, 0.25) is 0 Å². The fourth-order valence-corrected chi connectivity index (χ4v) is 4.17. The number of fused-ring (bicyclic) bond motifs is 1. The fraction of sp³-hybridized carbons (Fsp3) is 0.529. The number of nitrogens with zero attached hydrogens (tertiary/aromatic N) is 3. The molecule has 3 rings (SSSR count). The lowest BCUT2D eigenvalue weighted by Gasteiger charge is -2.43. The Morgan fingerprint density at radius 1 is 1.50 bits per heavy atom. The number of hydrogen-bond donors (Lipinski definition) is 2. The number of thiophene rings is 1. The topological polar surface area (TPSA) is 87.4 Å². The number of nitrogens with one attached hydrogen (secondary N) is 2. The van der Waals surface area contributed by atoms with Gasteiger partial charge < -0.3 is 15.4 Å². The van der Waals surface area contributed by atoms with E-state index in [1.807, 2.05) is 6.07 Å². The molecule has 2 N–H and O–H groups in total. The molecule has 1 aromatic rings. The molecular formula is C17H21N5O3S. The van der Waals surface area contributed by atoms with Gasteiger partial charge in [-0.15, -0.1) is 4.99 Å². The Balaban J connectivity index is 1.98. The van der Waals surface area contributed by atoms with Gasteiger partial charge in [0, 0.05) is 25.0 Å². The van der Waals surface area contributed by atoms with Crippen molar-refractivity contribution in [2.24, 2.45) is 10.9 Å². The van der Waals surface area contributed by atoms with Crippen LogP contribution < -0.4 is 10.6 Å². The molecule has 2 amide bonds. The number of aliphatic imine (C=N–C) groups is 1.